The molecule has 7 nitrogen and oxygen atoms in total. The molecule has 2 heterocycles. The minimum atomic E-state index is -1.12. The summed E-state index contributed by atoms with van der Waals surface area (Å²) < 4.78 is 30.6. The number of rotatable bonds is 4. The average Bonchev–Trinajstić information content (AvgIpc) is 2.90. The Morgan fingerprint density at radius 1 is 1.32 bits per heavy atom. The van der Waals surface area contributed by atoms with Gasteiger partial charge in [-0.15, -0.1) is 5.12 Å². The van der Waals surface area contributed by atoms with E-state index in [1.807, 2.05) is 12.1 Å². The van der Waals surface area contributed by atoms with Gasteiger partial charge >= 0.3 is 6.09 Å². The summed E-state index contributed by atoms with van der Waals surface area (Å²) in [6.07, 6.45) is -2.09. The molecule has 9 heteroatoms. The summed E-state index contributed by atoms with van der Waals surface area (Å²) in [5, 5.41) is 0.00313. The Hall–Kier alpha value is -2.16. The molecule has 0 spiro atoms. The number of hydrogen-bond donors (Lipinski definition) is 1. The number of nitrogens with two attached hydrogens (primary N) is 1. The minimum Gasteiger partial charge on any atom is -0.441 e. The zero-order valence-electron chi connectivity index (χ0n) is 13.8. The molecule has 25 heavy (non-hydrogen) atoms. The molecule has 0 radical (unpaired) electrons. The van der Waals surface area contributed by atoms with Crippen LogP contribution in [0.4, 0.5) is 15.0 Å². The third kappa shape index (κ3) is 3.46. The molecular weight excluding hydrogens is 349 g/mol. The minimum absolute atomic E-state index is 0.00313. The van der Waals surface area contributed by atoms with E-state index >= 15 is 0 Å². The molecule has 1 aromatic rings. The zero-order valence-corrected chi connectivity index (χ0v) is 14.6. The Labute approximate surface area is 147 Å². The number of nitrogens with zero attached hydrogens (tertiary/aromatic N) is 2. The Morgan fingerprint density at radius 2 is 1.92 bits per heavy atom. The zero-order chi connectivity index (χ0) is 18.1. The number of hydrogen-bond acceptors (Lipinski definition) is 5. The van der Waals surface area contributed by atoms with Gasteiger partial charge in [-0.1, -0.05) is 16.6 Å². The van der Waals surface area contributed by atoms with Gasteiger partial charge in [0, 0.05) is 41.1 Å². The van der Waals surface area contributed by atoms with E-state index in [0.717, 1.165) is 5.69 Å². The molecule has 136 valence electrons. The SMILES string of the molecule is CC(C(N)=O)C1OC(=O)N(F)C1c1ccc(N2CCS(=O)CC2)cc1. The van der Waals surface area contributed by atoms with E-state index in [9.17, 15) is 18.3 Å². The van der Waals surface area contributed by atoms with E-state index in [1.165, 1.54) is 6.92 Å². The van der Waals surface area contributed by atoms with Gasteiger partial charge in [0.25, 0.3) is 0 Å². The highest BCUT2D eigenvalue weighted by Crippen LogP contribution is 2.37. The fourth-order valence-corrected chi connectivity index (χ4v) is 4.16. The summed E-state index contributed by atoms with van der Waals surface area (Å²) in [6, 6.07) is 6.05. The predicted molar refractivity (Wildman–Crippen MR) is 90.8 cm³/mol. The summed E-state index contributed by atoms with van der Waals surface area (Å²) in [6.45, 7) is 2.91. The number of anilines is 1. The van der Waals surface area contributed by atoms with Gasteiger partial charge in [-0.3, -0.25) is 9.00 Å². The molecular formula is C16H20FN3O4S. The first-order valence-corrected chi connectivity index (χ1v) is 9.52. The molecule has 2 amide bonds. The van der Waals surface area contributed by atoms with Crippen molar-refractivity contribution in [1.29, 1.82) is 0 Å². The number of primary amides is 1. The fourth-order valence-electron chi connectivity index (χ4n) is 3.11. The number of benzene rings is 1. The van der Waals surface area contributed by atoms with Crippen LogP contribution in [0.5, 0.6) is 0 Å². The van der Waals surface area contributed by atoms with E-state index in [2.05, 4.69) is 4.90 Å². The largest absolute Gasteiger partial charge is 0.441 e. The molecule has 3 rings (SSSR count). The van der Waals surface area contributed by atoms with Crippen molar-refractivity contribution >= 4 is 28.5 Å². The van der Waals surface area contributed by atoms with Crippen LogP contribution in [0.2, 0.25) is 0 Å². The molecule has 2 aliphatic heterocycles. The second-order valence-electron chi connectivity index (χ2n) is 6.22. The van der Waals surface area contributed by atoms with Crippen LogP contribution < -0.4 is 10.6 Å². The molecule has 2 saturated heterocycles. The summed E-state index contributed by atoms with van der Waals surface area (Å²) >= 11 is 0. The van der Waals surface area contributed by atoms with E-state index in [4.69, 9.17) is 10.5 Å². The average molecular weight is 369 g/mol. The Balaban J connectivity index is 1.81. The molecule has 0 aliphatic carbocycles. The first-order valence-electron chi connectivity index (χ1n) is 8.03. The standard InChI is InChI=1S/C16H20FN3O4S/c1-10(15(18)21)14-13(20(17)16(22)24-14)11-2-4-12(5-3-11)19-6-8-25(23)9-7-19/h2-5,10,13-14H,6-9H2,1H3,(H2,18,21). The van der Waals surface area contributed by atoms with Crippen molar-refractivity contribution in [3.05, 3.63) is 29.8 Å². The van der Waals surface area contributed by atoms with Crippen LogP contribution in [0, 0.1) is 5.92 Å². The summed E-state index contributed by atoms with van der Waals surface area (Å²) in [4.78, 5) is 25.1. The Bertz CT molecular complexity index is 689. The van der Waals surface area contributed by atoms with Crippen LogP contribution in [-0.4, -0.2) is 52.0 Å². The van der Waals surface area contributed by atoms with Crippen molar-refractivity contribution in [3.8, 4) is 0 Å². The highest BCUT2D eigenvalue weighted by molar-refractivity contribution is 7.85. The fraction of sp³-hybridized carbons (Fsp3) is 0.500. The summed E-state index contributed by atoms with van der Waals surface area (Å²) in [5.74, 6) is -0.214. The monoisotopic (exact) mass is 369 g/mol. The molecule has 3 atom stereocenters. The first kappa shape index (κ1) is 17.7. The number of cyclic esters (lactones) is 1. The molecule has 0 aromatic heterocycles. The van der Waals surface area contributed by atoms with Crippen LogP contribution in [0.3, 0.4) is 0 Å². The first-order chi connectivity index (χ1) is 11.9. The smallest absolute Gasteiger partial charge is 0.439 e. The molecule has 2 aliphatic rings. The van der Waals surface area contributed by atoms with Crippen LogP contribution in [0.1, 0.15) is 18.5 Å². The van der Waals surface area contributed by atoms with Crippen LogP contribution in [-0.2, 0) is 20.3 Å². The Morgan fingerprint density at radius 3 is 2.48 bits per heavy atom. The molecule has 0 saturated carbocycles. The van der Waals surface area contributed by atoms with Crippen LogP contribution in [0.15, 0.2) is 24.3 Å². The quantitative estimate of drug-likeness (QED) is 0.803. The van der Waals surface area contributed by atoms with Crippen molar-refractivity contribution in [3.63, 3.8) is 0 Å². The van der Waals surface area contributed by atoms with Crippen LogP contribution in [0.25, 0.3) is 0 Å². The number of ether oxygens (including phenoxy) is 1. The van der Waals surface area contributed by atoms with Gasteiger partial charge in [-0.05, 0) is 24.6 Å². The normalized spacial score (nSPS) is 25.8. The lowest BCUT2D eigenvalue weighted by atomic mass is 9.92. The maximum absolute atomic E-state index is 14.2. The third-order valence-electron chi connectivity index (χ3n) is 4.69. The van der Waals surface area contributed by atoms with Crippen molar-refractivity contribution in [2.24, 2.45) is 11.7 Å². The summed E-state index contributed by atoms with van der Waals surface area (Å²) in [5.41, 5.74) is 6.74. The van der Waals surface area contributed by atoms with Gasteiger partial charge < -0.3 is 15.4 Å². The molecule has 2 N–H and O–H groups in total. The van der Waals surface area contributed by atoms with E-state index < -0.39 is 40.9 Å². The van der Waals surface area contributed by atoms with Crippen molar-refractivity contribution < 1.29 is 23.0 Å². The molecule has 3 unspecified atom stereocenters. The van der Waals surface area contributed by atoms with Gasteiger partial charge in [0.15, 0.2) is 0 Å². The van der Waals surface area contributed by atoms with Gasteiger partial charge in [-0.25, -0.2) is 4.79 Å². The maximum atomic E-state index is 14.2. The number of carbonyl (C=O) groups is 2. The van der Waals surface area contributed by atoms with Crippen molar-refractivity contribution in [2.75, 3.05) is 29.5 Å². The number of halogens is 1. The molecule has 2 fully saturated rings. The topological polar surface area (TPSA) is 92.9 Å². The van der Waals surface area contributed by atoms with E-state index in [1.54, 1.807) is 12.1 Å². The van der Waals surface area contributed by atoms with Gasteiger partial charge in [0.1, 0.15) is 12.1 Å². The highest BCUT2D eigenvalue weighted by Gasteiger charge is 2.47. The lowest BCUT2D eigenvalue weighted by Gasteiger charge is -2.29. The van der Waals surface area contributed by atoms with Crippen molar-refractivity contribution in [2.45, 2.75) is 19.1 Å². The number of carbonyl (C=O) groups excluding carboxylic acids is 2. The number of amides is 2. The molecule has 1 aromatic carbocycles. The van der Waals surface area contributed by atoms with Gasteiger partial charge in [0.2, 0.25) is 5.91 Å². The lowest BCUT2D eigenvalue weighted by molar-refractivity contribution is -0.124. The van der Waals surface area contributed by atoms with E-state index in [0.29, 0.717) is 30.2 Å². The highest BCUT2D eigenvalue weighted by atomic mass is 32.2. The molecule has 0 bridgehead atoms. The van der Waals surface area contributed by atoms with Gasteiger partial charge in [0.05, 0.1) is 5.92 Å². The second-order valence-corrected chi connectivity index (χ2v) is 7.92. The van der Waals surface area contributed by atoms with Gasteiger partial charge in [-0.2, -0.15) is 0 Å². The second kappa shape index (κ2) is 6.99. The lowest BCUT2D eigenvalue weighted by Crippen LogP contribution is -2.37. The predicted octanol–water partition coefficient (Wildman–Crippen LogP) is 1.12. The van der Waals surface area contributed by atoms with E-state index in [-0.39, 0.29) is 5.12 Å². The Kier molecular flexibility index (Phi) is 4.94. The van der Waals surface area contributed by atoms with Crippen molar-refractivity contribution in [1.82, 2.24) is 5.12 Å². The summed E-state index contributed by atoms with van der Waals surface area (Å²) in [7, 11) is -0.760. The third-order valence-corrected chi connectivity index (χ3v) is 5.96. The maximum Gasteiger partial charge on any atom is 0.439 e. The van der Waals surface area contributed by atoms with Crippen LogP contribution >= 0.6 is 0 Å².